The molecule has 28 heavy (non-hydrogen) atoms. The molecule has 0 nitrogen and oxygen atoms in total. The van der Waals surface area contributed by atoms with Crippen LogP contribution in [0.4, 0.5) is 0 Å². The van der Waals surface area contributed by atoms with Crippen molar-refractivity contribution in [2.45, 2.75) is 59.8 Å². The number of rotatable bonds is 1. The van der Waals surface area contributed by atoms with E-state index in [1.165, 1.54) is 47.1 Å². The number of benzene rings is 1. The molecule has 0 radical (unpaired) electrons. The summed E-state index contributed by atoms with van der Waals surface area (Å²) in [6, 6.07) is 15.7. The maximum Gasteiger partial charge on any atom is 4.00 e. The molecule has 2 aromatic rings. The minimum atomic E-state index is 0. The van der Waals surface area contributed by atoms with E-state index in [1.54, 1.807) is 11.1 Å². The van der Waals surface area contributed by atoms with Gasteiger partial charge >= 0.3 is 26.2 Å². The second-order valence-corrected chi connectivity index (χ2v) is 7.67. The quantitative estimate of drug-likeness (QED) is 0.520. The number of allylic oxidation sites excluding steroid dienone is 4. The van der Waals surface area contributed by atoms with Crippen LogP contribution in [0, 0.1) is 18.9 Å². The van der Waals surface area contributed by atoms with Crippen LogP contribution in [0.1, 0.15) is 68.7 Å². The van der Waals surface area contributed by atoms with E-state index in [0.717, 1.165) is 0 Å². The molecule has 0 saturated heterocycles. The van der Waals surface area contributed by atoms with Gasteiger partial charge in [-0.1, -0.05) is 88.8 Å². The van der Waals surface area contributed by atoms with E-state index in [-0.39, 0.29) is 51.0 Å². The zero-order valence-corrected chi connectivity index (χ0v) is 21.5. The van der Waals surface area contributed by atoms with Crippen LogP contribution in [0.2, 0.25) is 0 Å². The molecule has 2 unspecified atom stereocenters. The minimum absolute atomic E-state index is 0. The summed E-state index contributed by atoms with van der Waals surface area (Å²) in [6.45, 7) is 10.9. The summed E-state index contributed by atoms with van der Waals surface area (Å²) in [6.07, 6.45) is 7.26. The Hall–Kier alpha value is -0.487. The van der Waals surface area contributed by atoms with Crippen LogP contribution in [0.5, 0.6) is 0 Å². The second kappa shape index (κ2) is 12.3. The van der Waals surface area contributed by atoms with Gasteiger partial charge in [0, 0.05) is 0 Å². The van der Waals surface area contributed by atoms with E-state index < -0.39 is 0 Å². The molecule has 4 rings (SSSR count). The molecule has 2 aliphatic carbocycles. The van der Waals surface area contributed by atoms with Gasteiger partial charge in [-0.3, -0.25) is 6.08 Å². The third-order valence-electron chi connectivity index (χ3n) is 5.91. The number of aryl methyl sites for hydroxylation is 2. The van der Waals surface area contributed by atoms with Gasteiger partial charge < -0.3 is 24.8 Å². The van der Waals surface area contributed by atoms with Crippen LogP contribution in [0.25, 0.3) is 0 Å². The van der Waals surface area contributed by atoms with Gasteiger partial charge in [-0.15, -0.1) is 6.92 Å². The van der Waals surface area contributed by atoms with Gasteiger partial charge in [0.15, 0.2) is 0 Å². The third-order valence-corrected chi connectivity index (χ3v) is 5.91. The number of hydrogen-bond donors (Lipinski definition) is 0. The number of hydrogen-bond acceptors (Lipinski definition) is 0. The molecule has 0 fully saturated rings. The molecule has 3 heteroatoms. The Kier molecular flexibility index (Phi) is 12.1. The molecule has 0 bridgehead atoms. The molecule has 2 aromatic carbocycles. The SMILES string of the molecule is CC1=[C-]C(C)C(C)=C1C.Cc1cc2c([cH-]1)CCCC2c1ccccc1.[Cl-].[Cl-].[Zr+4]. The monoisotopic (exact) mass is 490 g/mol. The Bertz CT molecular complexity index is 799. The smallest absolute Gasteiger partial charge is 1.00 e. The van der Waals surface area contributed by atoms with E-state index in [1.807, 2.05) is 0 Å². The first-order valence-electron chi connectivity index (χ1n) is 9.56. The molecule has 0 N–H and O–H groups in total. The van der Waals surface area contributed by atoms with Crippen molar-refractivity contribution in [1.29, 1.82) is 0 Å². The third kappa shape index (κ3) is 6.25. The van der Waals surface area contributed by atoms with E-state index in [4.69, 9.17) is 0 Å². The molecule has 0 spiro atoms. The van der Waals surface area contributed by atoms with Crippen molar-refractivity contribution in [3.63, 3.8) is 0 Å². The predicted molar refractivity (Wildman–Crippen MR) is 108 cm³/mol. The zero-order valence-electron chi connectivity index (χ0n) is 17.6. The van der Waals surface area contributed by atoms with Gasteiger partial charge in [0.05, 0.1) is 0 Å². The first-order chi connectivity index (χ1) is 12.0. The Morgan fingerprint density at radius 3 is 2.14 bits per heavy atom. The van der Waals surface area contributed by atoms with Crippen LogP contribution in [0.15, 0.2) is 59.2 Å². The molecule has 148 valence electrons. The predicted octanol–water partition coefficient (Wildman–Crippen LogP) is 0.910. The zero-order chi connectivity index (χ0) is 18.0. The summed E-state index contributed by atoms with van der Waals surface area (Å²) in [5, 5.41) is 0. The molecule has 2 aliphatic rings. The number of fused-ring (bicyclic) bond motifs is 1. The average molecular weight is 493 g/mol. The van der Waals surface area contributed by atoms with Gasteiger partial charge in [-0.05, 0) is 5.92 Å². The summed E-state index contributed by atoms with van der Waals surface area (Å²) < 4.78 is 0. The van der Waals surface area contributed by atoms with Crippen molar-refractivity contribution in [2.24, 2.45) is 5.92 Å². The largest absolute Gasteiger partial charge is 4.00 e. The maximum atomic E-state index is 3.36. The van der Waals surface area contributed by atoms with Crippen LogP contribution < -0.4 is 24.8 Å². The van der Waals surface area contributed by atoms with Crippen molar-refractivity contribution in [3.05, 3.63) is 87.5 Å². The first-order valence-corrected chi connectivity index (χ1v) is 9.56. The molecule has 2 atom stereocenters. The molecule has 0 saturated carbocycles. The van der Waals surface area contributed by atoms with Gasteiger partial charge in [-0.25, -0.2) is 11.6 Å². The molecular weight excluding hydrogens is 462 g/mol. The van der Waals surface area contributed by atoms with Crippen LogP contribution in [0.3, 0.4) is 0 Å². The van der Waals surface area contributed by atoms with E-state index in [0.29, 0.717) is 11.8 Å². The van der Waals surface area contributed by atoms with Gasteiger partial charge in [0.1, 0.15) is 0 Å². The summed E-state index contributed by atoms with van der Waals surface area (Å²) in [4.78, 5) is 0. The van der Waals surface area contributed by atoms with Crippen molar-refractivity contribution in [2.75, 3.05) is 0 Å². The summed E-state index contributed by atoms with van der Waals surface area (Å²) >= 11 is 0. The van der Waals surface area contributed by atoms with E-state index >= 15 is 0 Å². The fourth-order valence-electron chi connectivity index (χ4n) is 4.12. The van der Waals surface area contributed by atoms with Crippen molar-refractivity contribution < 1.29 is 51.0 Å². The molecule has 0 aliphatic heterocycles. The summed E-state index contributed by atoms with van der Waals surface area (Å²) in [5.74, 6) is 1.20. The Labute approximate surface area is 203 Å². The Morgan fingerprint density at radius 1 is 1.00 bits per heavy atom. The summed E-state index contributed by atoms with van der Waals surface area (Å²) in [5.41, 5.74) is 10.3. The summed E-state index contributed by atoms with van der Waals surface area (Å²) in [7, 11) is 0. The fourth-order valence-corrected chi connectivity index (χ4v) is 4.12. The average Bonchev–Trinajstić information content (AvgIpc) is 3.10. The topological polar surface area (TPSA) is 0 Å². The van der Waals surface area contributed by atoms with Crippen molar-refractivity contribution in [1.82, 2.24) is 0 Å². The molecule has 0 amide bonds. The standard InChI is InChI=1S/C16H17.C9H13.2ClH.Zr/c1-12-10-14-8-5-9-15(16(14)11-12)13-6-3-2-4-7-13;1-6-5-7(2)9(4)8(6)3;;;/h2-4,6-7,10-11,15H,5,8-9H2,1H3;6H,1-4H3;2*1H;/q2*-1;;;+4/p-2. The van der Waals surface area contributed by atoms with Gasteiger partial charge in [-0.2, -0.15) is 33.9 Å². The Balaban J connectivity index is 0.000000533. The van der Waals surface area contributed by atoms with Crippen LogP contribution in [-0.4, -0.2) is 0 Å². The van der Waals surface area contributed by atoms with Crippen LogP contribution in [-0.2, 0) is 32.6 Å². The van der Waals surface area contributed by atoms with E-state index in [9.17, 15) is 0 Å². The number of halogens is 2. The molecule has 0 heterocycles. The normalized spacial score (nSPS) is 19.8. The fraction of sp³-hybridized carbons (Fsp3) is 0.400. The minimum Gasteiger partial charge on any atom is -1.00 e. The first kappa shape index (κ1) is 27.5. The second-order valence-electron chi connectivity index (χ2n) is 7.67. The van der Waals surface area contributed by atoms with Crippen LogP contribution >= 0.6 is 0 Å². The van der Waals surface area contributed by atoms with Gasteiger partial charge in [0.2, 0.25) is 0 Å². The van der Waals surface area contributed by atoms with Crippen molar-refractivity contribution >= 4 is 0 Å². The molecular formula is C25H30Cl2Zr. The molecule has 0 aromatic heterocycles. The van der Waals surface area contributed by atoms with Crippen molar-refractivity contribution in [3.8, 4) is 0 Å². The van der Waals surface area contributed by atoms with E-state index in [2.05, 4.69) is 83.2 Å². The van der Waals surface area contributed by atoms with Gasteiger partial charge in [0.25, 0.3) is 0 Å². The Morgan fingerprint density at radius 2 is 1.64 bits per heavy atom. The maximum absolute atomic E-state index is 3.36.